The van der Waals surface area contributed by atoms with E-state index in [1.54, 1.807) is 0 Å². The second-order valence-corrected chi connectivity index (χ2v) is 9.17. The molecule has 0 aromatic heterocycles. The summed E-state index contributed by atoms with van der Waals surface area (Å²) in [6, 6.07) is 0. The van der Waals surface area contributed by atoms with Gasteiger partial charge in [0.25, 0.3) is 0 Å². The molecule has 0 unspecified atom stereocenters. The molecule has 0 aliphatic heterocycles. The first kappa shape index (κ1) is 21.8. The molecule has 0 rings (SSSR count). The van der Waals surface area contributed by atoms with E-state index in [-0.39, 0.29) is 17.0 Å². The zero-order chi connectivity index (χ0) is 16.8. The molecule has 0 saturated heterocycles. The molecule has 2 nitrogen and oxygen atoms in total. The third-order valence-corrected chi connectivity index (χ3v) is 3.23. The summed E-state index contributed by atoms with van der Waals surface area (Å²) in [7, 11) is 0. The normalized spacial score (nSPS) is 12.8. The highest BCUT2D eigenvalue weighted by molar-refractivity contribution is 5.69. The third kappa shape index (κ3) is 17.5. The second-order valence-electron chi connectivity index (χ2n) is 9.17. The summed E-state index contributed by atoms with van der Waals surface area (Å²) in [5.74, 6) is 0.704. The Kier molecular flexibility index (Phi) is 8.75. The average Bonchev–Trinajstić information content (AvgIpc) is 2.10. The van der Waals surface area contributed by atoms with Gasteiger partial charge in [-0.15, -0.1) is 0 Å². The molecule has 0 aromatic rings. The molecule has 0 radical (unpaired) electrons. The largest absolute Gasteiger partial charge is 0.460 e. The van der Waals surface area contributed by atoms with E-state index in [9.17, 15) is 4.79 Å². The molecule has 0 aromatic carbocycles. The average molecular weight is 286 g/mol. The lowest BCUT2D eigenvalue weighted by molar-refractivity contribution is -0.155. The van der Waals surface area contributed by atoms with Gasteiger partial charge in [-0.2, -0.15) is 0 Å². The van der Waals surface area contributed by atoms with Gasteiger partial charge in [0.15, 0.2) is 0 Å². The summed E-state index contributed by atoms with van der Waals surface area (Å²) in [6.45, 7) is 23.3. The van der Waals surface area contributed by atoms with E-state index in [1.165, 1.54) is 0 Å². The number of ether oxygens (including phenoxy) is 1. The molecule has 0 N–H and O–H groups in total. The Morgan fingerprint density at radius 3 is 1.45 bits per heavy atom. The van der Waals surface area contributed by atoms with Crippen LogP contribution in [0.4, 0.5) is 0 Å². The van der Waals surface area contributed by atoms with Gasteiger partial charge in [0, 0.05) is 6.42 Å². The van der Waals surface area contributed by atoms with E-state index in [2.05, 4.69) is 55.4 Å². The van der Waals surface area contributed by atoms with E-state index >= 15 is 0 Å². The van der Waals surface area contributed by atoms with Crippen LogP contribution in [0.25, 0.3) is 0 Å². The summed E-state index contributed by atoms with van der Waals surface area (Å²) in [6.07, 6.45) is 1.39. The highest BCUT2D eigenvalue weighted by Gasteiger charge is 2.18. The lowest BCUT2D eigenvalue weighted by Gasteiger charge is -2.22. The monoisotopic (exact) mass is 286 g/mol. The van der Waals surface area contributed by atoms with Crippen molar-refractivity contribution in [2.24, 2.45) is 16.7 Å². The van der Waals surface area contributed by atoms with E-state index < -0.39 is 0 Å². The minimum atomic E-state index is -0.352. The first-order chi connectivity index (χ1) is 8.54. The maximum absolute atomic E-state index is 11.3. The molecule has 0 aliphatic rings. The van der Waals surface area contributed by atoms with Crippen LogP contribution in [0.3, 0.4) is 0 Å². The maximum atomic E-state index is 11.3. The van der Waals surface area contributed by atoms with E-state index in [0.29, 0.717) is 11.8 Å². The Labute approximate surface area is 127 Å². The molecule has 0 atom stereocenters. The van der Waals surface area contributed by atoms with Gasteiger partial charge in [0.05, 0.1) is 0 Å². The molecular weight excluding hydrogens is 248 g/mol. The molecule has 0 amide bonds. The molecule has 2 heteroatoms. The fraction of sp³-hybridized carbons (Fsp3) is 0.944. The van der Waals surface area contributed by atoms with Gasteiger partial charge >= 0.3 is 5.97 Å². The Morgan fingerprint density at radius 2 is 1.25 bits per heavy atom. The fourth-order valence-electron chi connectivity index (χ4n) is 0.870. The number of carbonyl (C=O) groups excluding carboxylic acids is 1. The van der Waals surface area contributed by atoms with Crippen LogP contribution >= 0.6 is 0 Å². The van der Waals surface area contributed by atoms with Crippen LogP contribution in [-0.4, -0.2) is 11.6 Å². The van der Waals surface area contributed by atoms with Gasteiger partial charge in [0.2, 0.25) is 0 Å². The Morgan fingerprint density at radius 1 is 0.900 bits per heavy atom. The number of esters is 1. The van der Waals surface area contributed by atoms with Crippen molar-refractivity contribution in [3.8, 4) is 0 Å². The summed E-state index contributed by atoms with van der Waals surface area (Å²) in [5.41, 5.74) is 0.353. The molecule has 0 heterocycles. The highest BCUT2D eigenvalue weighted by Crippen LogP contribution is 2.23. The van der Waals surface area contributed by atoms with Crippen LogP contribution < -0.4 is 0 Å². The summed E-state index contributed by atoms with van der Waals surface area (Å²) in [4.78, 5) is 11.3. The van der Waals surface area contributed by atoms with Crippen molar-refractivity contribution in [1.29, 1.82) is 0 Å². The van der Waals surface area contributed by atoms with Gasteiger partial charge in [-0.25, -0.2) is 0 Å². The summed E-state index contributed by atoms with van der Waals surface area (Å²) < 4.78 is 5.19. The summed E-state index contributed by atoms with van der Waals surface area (Å²) >= 11 is 0. The van der Waals surface area contributed by atoms with Gasteiger partial charge in [-0.3, -0.25) is 4.79 Å². The van der Waals surface area contributed by atoms with Crippen LogP contribution in [-0.2, 0) is 9.53 Å². The minimum absolute atomic E-state index is 0.0950. The SMILES string of the molecule is CC(C)(C)CCC(=O)OC(C)(C)C.CC(C)C(C)(C)C. The molecule has 0 bridgehead atoms. The van der Waals surface area contributed by atoms with Crippen LogP contribution in [0.2, 0.25) is 0 Å². The minimum Gasteiger partial charge on any atom is -0.460 e. The maximum Gasteiger partial charge on any atom is 0.306 e. The summed E-state index contributed by atoms with van der Waals surface area (Å²) in [5, 5.41) is 0. The van der Waals surface area contributed by atoms with Gasteiger partial charge < -0.3 is 4.74 Å². The lowest BCUT2D eigenvalue weighted by atomic mass is 9.84. The Balaban J connectivity index is 0. The second kappa shape index (κ2) is 8.05. The van der Waals surface area contributed by atoms with Crippen molar-refractivity contribution in [2.45, 2.75) is 94.6 Å². The van der Waals surface area contributed by atoms with Crippen molar-refractivity contribution >= 4 is 5.97 Å². The number of rotatable bonds is 2. The van der Waals surface area contributed by atoms with Gasteiger partial charge in [-0.05, 0) is 43.9 Å². The zero-order valence-electron chi connectivity index (χ0n) is 15.8. The van der Waals surface area contributed by atoms with Crippen LogP contribution in [0, 0.1) is 16.7 Å². The zero-order valence-corrected chi connectivity index (χ0v) is 15.8. The molecule has 20 heavy (non-hydrogen) atoms. The van der Waals surface area contributed by atoms with E-state index in [0.717, 1.165) is 12.3 Å². The van der Waals surface area contributed by atoms with Crippen molar-refractivity contribution in [1.82, 2.24) is 0 Å². The smallest absolute Gasteiger partial charge is 0.306 e. The third-order valence-electron chi connectivity index (χ3n) is 3.23. The molecule has 0 spiro atoms. The topological polar surface area (TPSA) is 26.3 Å². The van der Waals surface area contributed by atoms with Crippen molar-refractivity contribution in [2.75, 3.05) is 0 Å². The molecule has 122 valence electrons. The number of hydrogen-bond donors (Lipinski definition) is 0. The molecular formula is C18H38O2. The number of hydrogen-bond acceptors (Lipinski definition) is 2. The fourth-order valence-corrected chi connectivity index (χ4v) is 0.870. The first-order valence-electron chi connectivity index (χ1n) is 7.76. The highest BCUT2D eigenvalue weighted by atomic mass is 16.6. The van der Waals surface area contributed by atoms with Crippen molar-refractivity contribution in [3.05, 3.63) is 0 Å². The van der Waals surface area contributed by atoms with Crippen molar-refractivity contribution < 1.29 is 9.53 Å². The lowest BCUT2D eigenvalue weighted by Crippen LogP contribution is -2.24. The molecule has 0 saturated carbocycles. The first-order valence-corrected chi connectivity index (χ1v) is 7.76. The predicted octanol–water partition coefficient (Wildman–Crippen LogP) is 5.84. The van der Waals surface area contributed by atoms with Crippen LogP contribution in [0.15, 0.2) is 0 Å². The van der Waals surface area contributed by atoms with Crippen LogP contribution in [0.5, 0.6) is 0 Å². The Bertz CT molecular complexity index is 269. The quantitative estimate of drug-likeness (QED) is 0.596. The van der Waals surface area contributed by atoms with Gasteiger partial charge in [0.1, 0.15) is 5.60 Å². The Hall–Kier alpha value is -0.530. The van der Waals surface area contributed by atoms with Crippen LogP contribution in [0.1, 0.15) is 89.0 Å². The standard InChI is InChI=1S/C11H22O2.C7H16/c1-10(2,3)8-7-9(12)13-11(4,5)6;1-6(2)7(3,4)5/h7-8H2,1-6H3;6H,1-5H3. The van der Waals surface area contributed by atoms with Crippen molar-refractivity contribution in [3.63, 3.8) is 0 Å². The predicted molar refractivity (Wildman–Crippen MR) is 88.8 cm³/mol. The van der Waals surface area contributed by atoms with Gasteiger partial charge in [-0.1, -0.05) is 55.4 Å². The molecule has 0 fully saturated rings. The molecule has 0 aliphatic carbocycles. The van der Waals surface area contributed by atoms with E-state index in [1.807, 2.05) is 20.8 Å². The van der Waals surface area contributed by atoms with E-state index in [4.69, 9.17) is 4.74 Å². The number of carbonyl (C=O) groups is 1.